The number of carbonyl (C=O) groups is 2. The Hall–Kier alpha value is -7.00. The SMILES string of the molecule is CC(=O)c1nc(Nc2ccccc2)nc(Nc2ccc(/C=C/c3ccc(Nc4nc(Nc5ccccc5)nc(C(C)=O)n4)cc3S(=O)(=O)O)c(S(=O)(=O)O)c2)n1. The number of para-hydroxylation sites is 2. The molecule has 2 heterocycles. The zero-order chi connectivity index (χ0) is 40.0. The van der Waals surface area contributed by atoms with Crippen molar-refractivity contribution in [2.75, 3.05) is 21.3 Å². The smallest absolute Gasteiger partial charge is 0.295 e. The molecule has 0 spiro atoms. The Labute approximate surface area is 319 Å². The summed E-state index contributed by atoms with van der Waals surface area (Å²) < 4.78 is 70.3. The number of anilines is 8. The minimum absolute atomic E-state index is 0.0308. The summed E-state index contributed by atoms with van der Waals surface area (Å²) in [6.45, 7) is 2.53. The molecule has 0 saturated carbocycles. The normalized spacial score (nSPS) is 11.6. The first-order valence-electron chi connectivity index (χ1n) is 16.2. The van der Waals surface area contributed by atoms with Crippen LogP contribution in [0.15, 0.2) is 107 Å². The maximum atomic E-state index is 12.5. The molecular formula is C36H30N10O8S2. The Kier molecular flexibility index (Phi) is 11.2. The van der Waals surface area contributed by atoms with Gasteiger partial charge in [0.25, 0.3) is 20.2 Å². The standard InChI is InChI=1S/C36H30N10O8S2/c1-21(47)31-41-33(37-25-9-5-3-6-10-25)45-35(43-31)39-27-17-15-23(29(19-27)55(49,50)51)13-14-24-16-18-28(20-30(24)56(52,53)54)40-36-44-32(22(2)48)42-34(46-36)38-26-11-7-4-8-12-26/h3-20H,1-2H3,(H,49,50,51)(H,52,53,54)(H2,37,39,41,43,45)(H2,38,40,42,44,46)/b14-13+. The summed E-state index contributed by atoms with van der Waals surface area (Å²) in [5.41, 5.74) is 1.33. The minimum Gasteiger partial charge on any atom is -0.324 e. The number of aromatic nitrogens is 6. The average molecular weight is 795 g/mol. The van der Waals surface area contributed by atoms with Gasteiger partial charge in [0.05, 0.1) is 0 Å². The molecule has 0 atom stereocenters. The Bertz CT molecular complexity index is 2530. The van der Waals surface area contributed by atoms with Gasteiger partial charge in [-0.15, -0.1) is 0 Å². The zero-order valence-electron chi connectivity index (χ0n) is 29.2. The third kappa shape index (κ3) is 9.95. The van der Waals surface area contributed by atoms with Crippen molar-refractivity contribution in [2.24, 2.45) is 0 Å². The molecule has 0 fully saturated rings. The number of carbonyl (C=O) groups excluding carboxylic acids is 2. The van der Waals surface area contributed by atoms with Crippen molar-refractivity contribution in [3.8, 4) is 0 Å². The number of nitrogens with zero attached hydrogens (tertiary/aromatic N) is 6. The van der Waals surface area contributed by atoms with Gasteiger partial charge < -0.3 is 21.3 Å². The van der Waals surface area contributed by atoms with Crippen LogP contribution in [0.25, 0.3) is 12.2 Å². The molecule has 18 nitrogen and oxygen atoms in total. The van der Waals surface area contributed by atoms with Crippen LogP contribution in [-0.2, 0) is 20.2 Å². The predicted molar refractivity (Wildman–Crippen MR) is 207 cm³/mol. The third-order valence-corrected chi connectivity index (χ3v) is 9.32. The Morgan fingerprint density at radius 3 is 1.11 bits per heavy atom. The highest BCUT2D eigenvalue weighted by atomic mass is 32.2. The molecule has 4 aromatic carbocycles. The molecule has 0 unspecified atom stereocenters. The second kappa shape index (κ2) is 16.2. The molecule has 6 aromatic rings. The summed E-state index contributed by atoms with van der Waals surface area (Å²) in [4.78, 5) is 48.1. The van der Waals surface area contributed by atoms with Crippen LogP contribution >= 0.6 is 0 Å². The average Bonchev–Trinajstić information content (AvgIpc) is 3.14. The van der Waals surface area contributed by atoms with Gasteiger partial charge in [-0.25, -0.2) is 0 Å². The van der Waals surface area contributed by atoms with E-state index in [1.807, 2.05) is 12.1 Å². The van der Waals surface area contributed by atoms with E-state index in [0.717, 1.165) is 12.1 Å². The summed E-state index contributed by atoms with van der Waals surface area (Å²) >= 11 is 0. The van der Waals surface area contributed by atoms with Gasteiger partial charge in [0, 0.05) is 36.6 Å². The van der Waals surface area contributed by atoms with Gasteiger partial charge in [-0.3, -0.25) is 18.7 Å². The lowest BCUT2D eigenvalue weighted by Crippen LogP contribution is -2.10. The molecule has 56 heavy (non-hydrogen) atoms. The summed E-state index contributed by atoms with van der Waals surface area (Å²) in [7, 11) is -9.75. The number of hydrogen-bond donors (Lipinski definition) is 6. The summed E-state index contributed by atoms with van der Waals surface area (Å²) in [5, 5.41) is 11.5. The van der Waals surface area contributed by atoms with E-state index in [0.29, 0.717) is 11.4 Å². The van der Waals surface area contributed by atoms with Crippen LogP contribution in [0.1, 0.15) is 46.2 Å². The fraction of sp³-hybridized carbons (Fsp3) is 0.0556. The molecule has 284 valence electrons. The summed E-state index contributed by atoms with van der Waals surface area (Å²) in [6, 6.07) is 25.4. The number of benzene rings is 4. The Morgan fingerprint density at radius 1 is 0.482 bits per heavy atom. The van der Waals surface area contributed by atoms with E-state index in [-0.39, 0.29) is 57.9 Å². The number of Topliss-reactive ketones (excluding diaryl/α,β-unsaturated/α-hetero) is 2. The van der Waals surface area contributed by atoms with Crippen LogP contribution in [0.5, 0.6) is 0 Å². The minimum atomic E-state index is -4.87. The highest BCUT2D eigenvalue weighted by Crippen LogP contribution is 2.28. The second-order valence-electron chi connectivity index (χ2n) is 11.7. The first-order valence-corrected chi connectivity index (χ1v) is 19.1. The van der Waals surface area contributed by atoms with Gasteiger partial charge in [0.15, 0.2) is 11.6 Å². The molecule has 20 heteroatoms. The quantitative estimate of drug-likeness (QED) is 0.0413. The van der Waals surface area contributed by atoms with Crippen LogP contribution in [0.4, 0.5) is 46.5 Å². The Balaban J connectivity index is 1.28. The second-order valence-corrected chi connectivity index (χ2v) is 14.5. The third-order valence-electron chi connectivity index (χ3n) is 7.50. The van der Waals surface area contributed by atoms with E-state index in [4.69, 9.17) is 0 Å². The largest absolute Gasteiger partial charge is 0.324 e. The lowest BCUT2D eigenvalue weighted by Gasteiger charge is -2.12. The lowest BCUT2D eigenvalue weighted by atomic mass is 10.1. The molecule has 6 rings (SSSR count). The van der Waals surface area contributed by atoms with Crippen molar-refractivity contribution < 1.29 is 35.5 Å². The van der Waals surface area contributed by atoms with Gasteiger partial charge in [-0.2, -0.15) is 46.7 Å². The maximum Gasteiger partial charge on any atom is 0.295 e. The summed E-state index contributed by atoms with van der Waals surface area (Å²) in [6.07, 6.45) is 2.44. The lowest BCUT2D eigenvalue weighted by molar-refractivity contribution is 0.0995. The number of rotatable bonds is 14. The monoisotopic (exact) mass is 794 g/mol. The first kappa shape index (κ1) is 38.7. The van der Waals surface area contributed by atoms with Crippen LogP contribution in [-0.4, -0.2) is 67.4 Å². The molecule has 0 amide bonds. The molecule has 0 bridgehead atoms. The molecule has 2 aromatic heterocycles. The van der Waals surface area contributed by atoms with Crippen molar-refractivity contribution in [2.45, 2.75) is 23.6 Å². The van der Waals surface area contributed by atoms with E-state index in [1.165, 1.54) is 50.3 Å². The van der Waals surface area contributed by atoms with E-state index in [1.54, 1.807) is 48.5 Å². The van der Waals surface area contributed by atoms with Gasteiger partial charge in [-0.1, -0.05) is 60.7 Å². The van der Waals surface area contributed by atoms with Crippen molar-refractivity contribution in [1.82, 2.24) is 29.9 Å². The highest BCUT2D eigenvalue weighted by Gasteiger charge is 2.19. The first-order chi connectivity index (χ1) is 26.6. The van der Waals surface area contributed by atoms with Gasteiger partial charge in [0.1, 0.15) is 9.79 Å². The Morgan fingerprint density at radius 2 is 0.804 bits per heavy atom. The van der Waals surface area contributed by atoms with Crippen molar-refractivity contribution >= 4 is 90.5 Å². The van der Waals surface area contributed by atoms with Crippen LogP contribution in [0, 0.1) is 0 Å². The maximum absolute atomic E-state index is 12.5. The van der Waals surface area contributed by atoms with Gasteiger partial charge >= 0.3 is 0 Å². The van der Waals surface area contributed by atoms with E-state index in [2.05, 4.69) is 51.2 Å². The number of ketones is 2. The van der Waals surface area contributed by atoms with Crippen LogP contribution in [0.2, 0.25) is 0 Å². The molecule has 6 N–H and O–H groups in total. The molecule has 0 aliphatic rings. The molecular weight excluding hydrogens is 765 g/mol. The molecule has 0 aliphatic carbocycles. The van der Waals surface area contributed by atoms with Gasteiger partial charge in [-0.05, 0) is 59.7 Å². The topological polar surface area (TPSA) is 268 Å². The van der Waals surface area contributed by atoms with Crippen molar-refractivity contribution in [3.05, 3.63) is 120 Å². The zero-order valence-corrected chi connectivity index (χ0v) is 30.9. The molecule has 0 aliphatic heterocycles. The van der Waals surface area contributed by atoms with Crippen molar-refractivity contribution in [1.29, 1.82) is 0 Å². The summed E-state index contributed by atoms with van der Waals surface area (Å²) in [5.74, 6) is -1.44. The van der Waals surface area contributed by atoms with E-state index < -0.39 is 41.6 Å². The van der Waals surface area contributed by atoms with Crippen LogP contribution < -0.4 is 21.3 Å². The van der Waals surface area contributed by atoms with E-state index in [9.17, 15) is 35.5 Å². The molecule has 0 radical (unpaired) electrons. The highest BCUT2D eigenvalue weighted by molar-refractivity contribution is 7.86. The number of hydrogen-bond acceptors (Lipinski definition) is 16. The fourth-order valence-corrected chi connectivity index (χ4v) is 6.40. The fourth-order valence-electron chi connectivity index (χ4n) is 4.98. The van der Waals surface area contributed by atoms with E-state index >= 15 is 0 Å². The van der Waals surface area contributed by atoms with Crippen LogP contribution in [0.3, 0.4) is 0 Å². The van der Waals surface area contributed by atoms with Gasteiger partial charge in [0.2, 0.25) is 35.4 Å². The predicted octanol–water partition coefficient (Wildman–Crippen LogP) is 6.10. The number of nitrogens with one attached hydrogen (secondary N) is 4. The molecule has 0 saturated heterocycles. The van der Waals surface area contributed by atoms with Crippen molar-refractivity contribution in [3.63, 3.8) is 0 Å².